The third kappa shape index (κ3) is 9.47. The number of ether oxygens (including phenoxy) is 3. The Balaban J connectivity index is 1.73. The van der Waals surface area contributed by atoms with Crippen molar-refractivity contribution in [2.24, 2.45) is 0 Å². The lowest BCUT2D eigenvalue weighted by Crippen LogP contribution is -2.31. The molecule has 1 fully saturated rings. The summed E-state index contributed by atoms with van der Waals surface area (Å²) in [6.45, 7) is 5.41. The van der Waals surface area contributed by atoms with Gasteiger partial charge in [0.15, 0.2) is 0 Å². The minimum Gasteiger partial charge on any atom is -0.382 e. The molecule has 0 aromatic carbocycles. The molecule has 1 aliphatic rings. The number of hydrogen-bond donors (Lipinski definition) is 1. The molecular weight excluding hydrogens is 270 g/mol. The lowest BCUT2D eigenvalue weighted by Gasteiger charge is -2.21. The lowest BCUT2D eigenvalue weighted by atomic mass is 10.4. The van der Waals surface area contributed by atoms with Gasteiger partial charge in [0.05, 0.1) is 33.0 Å². The van der Waals surface area contributed by atoms with Crippen molar-refractivity contribution >= 4 is 23.5 Å². The van der Waals surface area contributed by atoms with Crippen LogP contribution in [0.25, 0.3) is 0 Å². The van der Waals surface area contributed by atoms with Crippen LogP contribution in [0, 0.1) is 0 Å². The molecule has 0 spiro atoms. The lowest BCUT2D eigenvalue weighted by molar-refractivity contribution is 0.0256. The summed E-state index contributed by atoms with van der Waals surface area (Å²) in [7, 11) is 1.68. The topological polar surface area (TPSA) is 39.7 Å². The van der Waals surface area contributed by atoms with E-state index in [9.17, 15) is 0 Å². The Kier molecular flexibility index (Phi) is 11.6. The van der Waals surface area contributed by atoms with Gasteiger partial charge in [-0.2, -0.15) is 23.5 Å². The average Bonchev–Trinajstić information content (AvgIpc) is 2.42. The Morgan fingerprint density at radius 1 is 1.06 bits per heavy atom. The molecule has 1 unspecified atom stereocenters. The molecule has 0 bridgehead atoms. The predicted molar refractivity (Wildman–Crippen MR) is 80.0 cm³/mol. The Bertz CT molecular complexity index is 181. The zero-order valence-electron chi connectivity index (χ0n) is 11.2. The molecule has 0 aromatic rings. The number of rotatable bonds is 11. The quantitative estimate of drug-likeness (QED) is 0.576. The van der Waals surface area contributed by atoms with Gasteiger partial charge in [0.2, 0.25) is 0 Å². The van der Waals surface area contributed by atoms with E-state index in [0.717, 1.165) is 24.9 Å². The fraction of sp³-hybridized carbons (Fsp3) is 1.00. The number of thioether (sulfide) groups is 2. The highest BCUT2D eigenvalue weighted by Gasteiger charge is 2.12. The van der Waals surface area contributed by atoms with Gasteiger partial charge in [0, 0.05) is 42.7 Å². The molecule has 1 rings (SSSR count). The van der Waals surface area contributed by atoms with Crippen molar-refractivity contribution in [3.8, 4) is 0 Å². The standard InChI is InChI=1S/C12H25NO3S2/c1-14-4-5-16-7-6-15-3-2-13-10-12-11-17-8-9-18-12/h12-13H,2-11H2,1H3. The van der Waals surface area contributed by atoms with Gasteiger partial charge < -0.3 is 19.5 Å². The highest BCUT2D eigenvalue weighted by atomic mass is 32.2. The smallest absolute Gasteiger partial charge is 0.0701 e. The van der Waals surface area contributed by atoms with Crippen molar-refractivity contribution in [1.29, 1.82) is 0 Å². The summed E-state index contributed by atoms with van der Waals surface area (Å²) in [6.07, 6.45) is 0. The highest BCUT2D eigenvalue weighted by molar-refractivity contribution is 8.06. The van der Waals surface area contributed by atoms with Crippen LogP contribution in [-0.2, 0) is 14.2 Å². The minimum atomic E-state index is 0.647. The molecule has 1 saturated heterocycles. The molecule has 108 valence electrons. The van der Waals surface area contributed by atoms with Gasteiger partial charge in [-0.15, -0.1) is 0 Å². The van der Waals surface area contributed by atoms with Crippen LogP contribution in [-0.4, -0.2) is 75.7 Å². The van der Waals surface area contributed by atoms with E-state index in [4.69, 9.17) is 14.2 Å². The molecule has 0 radical (unpaired) electrons. The molecular formula is C12H25NO3S2. The highest BCUT2D eigenvalue weighted by Crippen LogP contribution is 2.23. The second kappa shape index (κ2) is 12.6. The fourth-order valence-electron chi connectivity index (χ4n) is 1.53. The molecule has 6 heteroatoms. The Hall–Kier alpha value is 0.540. The molecule has 1 heterocycles. The molecule has 1 atom stereocenters. The summed E-state index contributed by atoms with van der Waals surface area (Å²) >= 11 is 4.15. The first kappa shape index (κ1) is 16.6. The van der Waals surface area contributed by atoms with Gasteiger partial charge in [-0.05, 0) is 0 Å². The second-order valence-electron chi connectivity index (χ2n) is 3.99. The minimum absolute atomic E-state index is 0.647. The van der Waals surface area contributed by atoms with Crippen molar-refractivity contribution in [2.45, 2.75) is 5.25 Å². The fourth-order valence-corrected chi connectivity index (χ4v) is 4.17. The van der Waals surface area contributed by atoms with Gasteiger partial charge in [0.1, 0.15) is 0 Å². The summed E-state index contributed by atoms with van der Waals surface area (Å²) < 4.78 is 15.6. The van der Waals surface area contributed by atoms with Crippen LogP contribution in [0.1, 0.15) is 0 Å². The van der Waals surface area contributed by atoms with Crippen LogP contribution in [0.2, 0.25) is 0 Å². The van der Waals surface area contributed by atoms with E-state index < -0.39 is 0 Å². The van der Waals surface area contributed by atoms with E-state index in [1.54, 1.807) is 7.11 Å². The molecule has 18 heavy (non-hydrogen) atoms. The molecule has 0 amide bonds. The van der Waals surface area contributed by atoms with E-state index in [0.29, 0.717) is 26.4 Å². The summed E-state index contributed by atoms with van der Waals surface area (Å²) in [5.41, 5.74) is 0. The first-order chi connectivity index (χ1) is 8.93. The SMILES string of the molecule is COCCOCCOCCNCC1CSCCS1. The summed E-state index contributed by atoms with van der Waals surface area (Å²) in [5.74, 6) is 3.89. The molecule has 0 saturated carbocycles. The van der Waals surface area contributed by atoms with E-state index >= 15 is 0 Å². The number of hydrogen-bond acceptors (Lipinski definition) is 6. The summed E-state index contributed by atoms with van der Waals surface area (Å²) in [6, 6.07) is 0. The maximum Gasteiger partial charge on any atom is 0.0701 e. The normalized spacial score (nSPS) is 20.2. The third-order valence-corrected chi connectivity index (χ3v) is 5.33. The van der Waals surface area contributed by atoms with E-state index in [1.807, 2.05) is 0 Å². The Morgan fingerprint density at radius 2 is 1.83 bits per heavy atom. The largest absolute Gasteiger partial charge is 0.382 e. The number of nitrogens with one attached hydrogen (secondary N) is 1. The van der Waals surface area contributed by atoms with E-state index in [2.05, 4.69) is 28.8 Å². The zero-order chi connectivity index (χ0) is 12.9. The van der Waals surface area contributed by atoms with E-state index in [1.165, 1.54) is 17.3 Å². The second-order valence-corrected chi connectivity index (χ2v) is 6.55. The monoisotopic (exact) mass is 295 g/mol. The van der Waals surface area contributed by atoms with Gasteiger partial charge in [-0.3, -0.25) is 0 Å². The molecule has 0 aliphatic carbocycles. The first-order valence-electron chi connectivity index (χ1n) is 6.48. The van der Waals surface area contributed by atoms with Crippen molar-refractivity contribution in [3.63, 3.8) is 0 Å². The predicted octanol–water partition coefficient (Wildman–Crippen LogP) is 1.10. The van der Waals surface area contributed by atoms with Crippen LogP contribution >= 0.6 is 23.5 Å². The Morgan fingerprint density at radius 3 is 2.56 bits per heavy atom. The van der Waals surface area contributed by atoms with Gasteiger partial charge >= 0.3 is 0 Å². The van der Waals surface area contributed by atoms with Crippen molar-refractivity contribution in [2.75, 3.05) is 70.5 Å². The maximum absolute atomic E-state index is 5.46. The number of methoxy groups -OCH3 is 1. The summed E-state index contributed by atoms with van der Waals surface area (Å²) in [4.78, 5) is 0. The average molecular weight is 295 g/mol. The molecule has 1 aliphatic heterocycles. The summed E-state index contributed by atoms with van der Waals surface area (Å²) in [5, 5.41) is 4.23. The molecule has 1 N–H and O–H groups in total. The van der Waals surface area contributed by atoms with Gasteiger partial charge in [-0.1, -0.05) is 0 Å². The van der Waals surface area contributed by atoms with Gasteiger partial charge in [-0.25, -0.2) is 0 Å². The third-order valence-electron chi connectivity index (χ3n) is 2.48. The van der Waals surface area contributed by atoms with Crippen LogP contribution in [0.15, 0.2) is 0 Å². The molecule has 0 aromatic heterocycles. The van der Waals surface area contributed by atoms with Crippen LogP contribution in [0.5, 0.6) is 0 Å². The van der Waals surface area contributed by atoms with Crippen LogP contribution < -0.4 is 5.32 Å². The maximum atomic E-state index is 5.46. The van der Waals surface area contributed by atoms with Gasteiger partial charge in [0.25, 0.3) is 0 Å². The first-order valence-corrected chi connectivity index (χ1v) is 8.68. The van der Waals surface area contributed by atoms with Crippen molar-refractivity contribution < 1.29 is 14.2 Å². The van der Waals surface area contributed by atoms with E-state index in [-0.39, 0.29) is 0 Å². The van der Waals surface area contributed by atoms with Crippen molar-refractivity contribution in [1.82, 2.24) is 5.32 Å². The zero-order valence-corrected chi connectivity index (χ0v) is 12.8. The van der Waals surface area contributed by atoms with Crippen LogP contribution in [0.4, 0.5) is 0 Å². The Labute approximate surface area is 119 Å². The van der Waals surface area contributed by atoms with Crippen LogP contribution in [0.3, 0.4) is 0 Å². The molecule has 4 nitrogen and oxygen atoms in total. The van der Waals surface area contributed by atoms with Crippen molar-refractivity contribution in [3.05, 3.63) is 0 Å².